The van der Waals surface area contributed by atoms with Crippen molar-refractivity contribution in [3.63, 3.8) is 0 Å². The number of anilines is 1. The highest BCUT2D eigenvalue weighted by molar-refractivity contribution is 7.89. The summed E-state index contributed by atoms with van der Waals surface area (Å²) in [6, 6.07) is 8.11. The maximum Gasteiger partial charge on any atom is 0.227 e. The molecule has 28 heavy (non-hydrogen) atoms. The van der Waals surface area contributed by atoms with E-state index in [1.165, 1.54) is 5.56 Å². The van der Waals surface area contributed by atoms with Crippen LogP contribution in [-0.2, 0) is 21.2 Å². The summed E-state index contributed by atoms with van der Waals surface area (Å²) >= 11 is 0. The van der Waals surface area contributed by atoms with Gasteiger partial charge in [-0.1, -0.05) is 19.1 Å². The van der Waals surface area contributed by atoms with Gasteiger partial charge < -0.3 is 11.1 Å². The average Bonchev–Trinajstić information content (AvgIpc) is 2.70. The van der Waals surface area contributed by atoms with Crippen LogP contribution in [0.15, 0.2) is 24.3 Å². The van der Waals surface area contributed by atoms with Crippen molar-refractivity contribution < 1.29 is 13.2 Å². The zero-order valence-electron chi connectivity index (χ0n) is 16.8. The lowest BCUT2D eigenvalue weighted by Gasteiger charge is -2.33. The lowest BCUT2D eigenvalue weighted by atomic mass is 9.88. The number of nitrogens with zero attached hydrogens (tertiary/aromatic N) is 1. The number of aryl methyl sites for hydroxylation is 1. The van der Waals surface area contributed by atoms with Crippen molar-refractivity contribution >= 4 is 21.6 Å². The van der Waals surface area contributed by atoms with Gasteiger partial charge in [0, 0.05) is 30.7 Å². The van der Waals surface area contributed by atoms with E-state index in [-0.39, 0.29) is 29.5 Å². The van der Waals surface area contributed by atoms with E-state index in [1.54, 1.807) is 4.31 Å². The molecule has 156 valence electrons. The molecule has 0 radical (unpaired) electrons. The van der Waals surface area contributed by atoms with E-state index < -0.39 is 10.0 Å². The number of benzene rings is 1. The summed E-state index contributed by atoms with van der Waals surface area (Å²) in [5.74, 6) is 0.296. The van der Waals surface area contributed by atoms with Crippen molar-refractivity contribution in [1.29, 1.82) is 0 Å². The van der Waals surface area contributed by atoms with E-state index in [1.807, 2.05) is 24.3 Å². The summed E-state index contributed by atoms with van der Waals surface area (Å²) in [7, 11) is -3.26. The molecule has 0 aromatic heterocycles. The minimum Gasteiger partial charge on any atom is -0.328 e. The largest absolute Gasteiger partial charge is 0.328 e. The Balaban J connectivity index is 1.48. The number of carbonyl (C=O) groups excluding carboxylic acids is 1. The Hall–Kier alpha value is -1.44. The summed E-state index contributed by atoms with van der Waals surface area (Å²) < 4.78 is 27.1. The maximum absolute atomic E-state index is 12.8. The van der Waals surface area contributed by atoms with E-state index >= 15 is 0 Å². The van der Waals surface area contributed by atoms with Crippen LogP contribution in [0.5, 0.6) is 0 Å². The molecule has 1 aliphatic heterocycles. The molecular weight excluding hydrogens is 374 g/mol. The average molecular weight is 408 g/mol. The predicted molar refractivity (Wildman–Crippen MR) is 112 cm³/mol. The normalized spacial score (nSPS) is 24.8. The molecule has 1 heterocycles. The second-order valence-corrected chi connectivity index (χ2v) is 10.3. The zero-order valence-corrected chi connectivity index (χ0v) is 17.6. The first-order chi connectivity index (χ1) is 13.4. The fourth-order valence-corrected chi connectivity index (χ4v) is 6.13. The molecule has 0 atom stereocenters. The number of rotatable bonds is 6. The molecule has 1 aromatic carbocycles. The standard InChI is InChI=1S/C21H33N3O3S/c1-2-16-5-9-20(10-6-16)23-21(25)18-11-13-24(14-12-18)28(26,27)15-17-3-7-19(22)8-4-17/h5-6,9-10,17-19H,2-4,7-8,11-15,22H2,1H3,(H,23,25). The van der Waals surface area contributed by atoms with Gasteiger partial charge in [-0.25, -0.2) is 12.7 Å². The molecule has 7 heteroatoms. The Morgan fingerprint density at radius 2 is 1.68 bits per heavy atom. The molecule has 3 N–H and O–H groups in total. The van der Waals surface area contributed by atoms with Crippen LogP contribution in [0, 0.1) is 11.8 Å². The minimum atomic E-state index is -3.26. The highest BCUT2D eigenvalue weighted by atomic mass is 32.2. The van der Waals surface area contributed by atoms with Crippen LogP contribution in [0.1, 0.15) is 51.0 Å². The third-order valence-electron chi connectivity index (χ3n) is 6.19. The quantitative estimate of drug-likeness (QED) is 0.758. The van der Waals surface area contributed by atoms with Gasteiger partial charge in [-0.3, -0.25) is 4.79 Å². The van der Waals surface area contributed by atoms with Crippen LogP contribution in [0.4, 0.5) is 5.69 Å². The number of sulfonamides is 1. The molecular formula is C21H33N3O3S. The molecule has 2 fully saturated rings. The van der Waals surface area contributed by atoms with E-state index in [4.69, 9.17) is 5.73 Å². The van der Waals surface area contributed by atoms with E-state index in [2.05, 4.69) is 12.2 Å². The molecule has 6 nitrogen and oxygen atoms in total. The molecule has 1 aliphatic carbocycles. The zero-order chi connectivity index (χ0) is 20.1. The van der Waals surface area contributed by atoms with Crippen molar-refractivity contribution in [2.24, 2.45) is 17.6 Å². The van der Waals surface area contributed by atoms with Crippen molar-refractivity contribution in [1.82, 2.24) is 4.31 Å². The summed E-state index contributed by atoms with van der Waals surface area (Å²) in [5, 5.41) is 2.97. The molecule has 0 bridgehead atoms. The Labute approximate surface area is 168 Å². The number of nitrogens with one attached hydrogen (secondary N) is 1. The van der Waals surface area contributed by atoms with Crippen LogP contribution in [0.2, 0.25) is 0 Å². The van der Waals surface area contributed by atoms with E-state index in [0.717, 1.165) is 37.8 Å². The topological polar surface area (TPSA) is 92.5 Å². The number of hydrogen-bond donors (Lipinski definition) is 2. The van der Waals surface area contributed by atoms with E-state index in [0.29, 0.717) is 25.9 Å². The van der Waals surface area contributed by atoms with Crippen LogP contribution in [0.3, 0.4) is 0 Å². The van der Waals surface area contributed by atoms with Gasteiger partial charge >= 0.3 is 0 Å². The molecule has 3 rings (SSSR count). The van der Waals surface area contributed by atoms with Crippen LogP contribution < -0.4 is 11.1 Å². The SMILES string of the molecule is CCc1ccc(NC(=O)C2CCN(S(=O)(=O)CC3CCC(N)CC3)CC2)cc1. The fraction of sp³-hybridized carbons (Fsp3) is 0.667. The second-order valence-electron chi connectivity index (χ2n) is 8.27. The molecule has 1 amide bonds. The third kappa shape index (κ3) is 5.55. The van der Waals surface area contributed by atoms with Gasteiger partial charge in [0.25, 0.3) is 0 Å². The van der Waals surface area contributed by atoms with Crippen LogP contribution in [0.25, 0.3) is 0 Å². The summed E-state index contributed by atoms with van der Waals surface area (Å²) in [6.07, 6.45) is 5.76. The smallest absolute Gasteiger partial charge is 0.227 e. The lowest BCUT2D eigenvalue weighted by molar-refractivity contribution is -0.120. The maximum atomic E-state index is 12.8. The Morgan fingerprint density at radius 3 is 2.25 bits per heavy atom. The lowest BCUT2D eigenvalue weighted by Crippen LogP contribution is -2.43. The molecule has 1 saturated carbocycles. The second kappa shape index (κ2) is 9.37. The van der Waals surface area contributed by atoms with Gasteiger partial charge in [0.05, 0.1) is 5.75 Å². The monoisotopic (exact) mass is 407 g/mol. The molecule has 0 unspecified atom stereocenters. The minimum absolute atomic E-state index is 0.0115. The van der Waals surface area contributed by atoms with Gasteiger partial charge in [0.15, 0.2) is 0 Å². The molecule has 2 aliphatic rings. The van der Waals surface area contributed by atoms with Crippen molar-refractivity contribution in [3.8, 4) is 0 Å². The van der Waals surface area contributed by atoms with Crippen LogP contribution in [-0.4, -0.2) is 43.5 Å². The molecule has 1 aromatic rings. The Bertz CT molecular complexity index is 748. The van der Waals surface area contributed by atoms with Gasteiger partial charge in [0.2, 0.25) is 15.9 Å². The molecule has 1 saturated heterocycles. The van der Waals surface area contributed by atoms with Gasteiger partial charge in [0.1, 0.15) is 0 Å². The number of piperidine rings is 1. The summed E-state index contributed by atoms with van der Waals surface area (Å²) in [6.45, 7) is 2.96. The van der Waals surface area contributed by atoms with Crippen molar-refractivity contribution in [2.45, 2.75) is 57.9 Å². The van der Waals surface area contributed by atoms with Gasteiger partial charge in [-0.2, -0.15) is 0 Å². The van der Waals surface area contributed by atoms with Crippen LogP contribution >= 0.6 is 0 Å². The van der Waals surface area contributed by atoms with Gasteiger partial charge in [-0.15, -0.1) is 0 Å². The first-order valence-corrected chi connectivity index (χ1v) is 12.1. The van der Waals surface area contributed by atoms with Crippen molar-refractivity contribution in [2.75, 3.05) is 24.2 Å². The Kier molecular flexibility index (Phi) is 7.12. The highest BCUT2D eigenvalue weighted by Crippen LogP contribution is 2.27. The van der Waals surface area contributed by atoms with E-state index in [9.17, 15) is 13.2 Å². The third-order valence-corrected chi connectivity index (χ3v) is 8.23. The predicted octanol–water partition coefficient (Wildman–Crippen LogP) is 2.75. The number of amides is 1. The number of carbonyl (C=O) groups is 1. The highest BCUT2D eigenvalue weighted by Gasteiger charge is 2.33. The van der Waals surface area contributed by atoms with Crippen molar-refractivity contribution in [3.05, 3.63) is 29.8 Å². The first-order valence-electron chi connectivity index (χ1n) is 10.5. The summed E-state index contributed by atoms with van der Waals surface area (Å²) in [5.41, 5.74) is 7.95. The first kappa shape index (κ1) is 21.3. The number of nitrogens with two attached hydrogens (primary N) is 1. The molecule has 0 spiro atoms. The van der Waals surface area contributed by atoms with Gasteiger partial charge in [-0.05, 0) is 68.6 Å². The summed E-state index contributed by atoms with van der Waals surface area (Å²) in [4.78, 5) is 12.5. The Morgan fingerprint density at radius 1 is 1.07 bits per heavy atom. The fourth-order valence-electron chi connectivity index (χ4n) is 4.22. The number of hydrogen-bond acceptors (Lipinski definition) is 4.